The van der Waals surface area contributed by atoms with Crippen LogP contribution >= 0.6 is 0 Å². The van der Waals surface area contributed by atoms with E-state index in [9.17, 15) is 0 Å². The van der Waals surface area contributed by atoms with E-state index in [1.807, 2.05) is 0 Å². The quantitative estimate of drug-likeness (QED) is 0.509. The van der Waals surface area contributed by atoms with E-state index in [0.29, 0.717) is 0 Å². The first-order valence-corrected chi connectivity index (χ1v) is 9.53. The minimum Gasteiger partial charge on any atom is -0.377 e. The van der Waals surface area contributed by atoms with Gasteiger partial charge in [-0.25, -0.2) is 0 Å². The molecule has 0 saturated carbocycles. The number of nitrogens with zero attached hydrogens (tertiary/aromatic N) is 2. The first kappa shape index (κ1) is 17.8. The molecule has 0 aliphatic carbocycles. The van der Waals surface area contributed by atoms with E-state index in [4.69, 9.17) is 18.3 Å². The van der Waals surface area contributed by atoms with E-state index in [1.54, 1.807) is 21.3 Å². The second kappa shape index (κ2) is 9.62. The minimum atomic E-state index is -2.41. The summed E-state index contributed by atoms with van der Waals surface area (Å²) in [6.07, 6.45) is 4.66. The number of likely N-dealkylation sites (tertiary alicyclic amines) is 1. The normalized spacial score (nSPS) is 20.3. The Morgan fingerprint density at radius 1 is 1.15 bits per heavy atom. The third-order valence-electron chi connectivity index (χ3n) is 3.95. The molecule has 20 heavy (non-hydrogen) atoms. The van der Waals surface area contributed by atoms with Crippen molar-refractivity contribution in [2.75, 3.05) is 47.5 Å². The summed E-state index contributed by atoms with van der Waals surface area (Å²) in [5.74, 6) is 0. The van der Waals surface area contributed by atoms with Gasteiger partial charge < -0.3 is 13.3 Å². The summed E-state index contributed by atoms with van der Waals surface area (Å²) >= 11 is 0. The summed E-state index contributed by atoms with van der Waals surface area (Å²) in [6, 6.07) is 0.824. The van der Waals surface area contributed by atoms with Crippen LogP contribution in [0.1, 0.15) is 32.6 Å². The first-order chi connectivity index (χ1) is 9.69. The summed E-state index contributed by atoms with van der Waals surface area (Å²) in [7, 11) is 2.57. The molecule has 0 radical (unpaired) electrons. The highest BCUT2D eigenvalue weighted by Gasteiger charge is 2.36. The highest BCUT2D eigenvalue weighted by Crippen LogP contribution is 2.15. The minimum absolute atomic E-state index is 0.824. The van der Waals surface area contributed by atoms with E-state index in [2.05, 4.69) is 11.8 Å². The van der Waals surface area contributed by atoms with Crippen molar-refractivity contribution in [1.82, 2.24) is 4.90 Å². The lowest BCUT2D eigenvalue weighted by Crippen LogP contribution is -2.42. The van der Waals surface area contributed by atoms with Gasteiger partial charge in [0.2, 0.25) is 0 Å². The van der Waals surface area contributed by atoms with Crippen LogP contribution in [0.5, 0.6) is 0 Å². The van der Waals surface area contributed by atoms with Gasteiger partial charge in [-0.1, -0.05) is 6.92 Å². The predicted molar refractivity (Wildman–Crippen MR) is 84.5 cm³/mol. The molecule has 0 aromatic heterocycles. The summed E-state index contributed by atoms with van der Waals surface area (Å²) in [4.78, 5) is 7.25. The summed E-state index contributed by atoms with van der Waals surface area (Å²) in [5.41, 5.74) is 1.35. The monoisotopic (exact) mass is 302 g/mol. The van der Waals surface area contributed by atoms with Gasteiger partial charge in [0.1, 0.15) is 0 Å². The highest BCUT2D eigenvalue weighted by molar-refractivity contribution is 6.60. The van der Waals surface area contributed by atoms with Gasteiger partial charge in [-0.05, 0) is 38.8 Å². The molecule has 1 fully saturated rings. The van der Waals surface area contributed by atoms with E-state index >= 15 is 0 Å². The molecule has 1 heterocycles. The van der Waals surface area contributed by atoms with Crippen LogP contribution < -0.4 is 0 Å². The van der Waals surface area contributed by atoms with E-state index in [-0.39, 0.29) is 0 Å². The van der Waals surface area contributed by atoms with Crippen molar-refractivity contribution in [2.45, 2.75) is 38.7 Å². The van der Waals surface area contributed by atoms with E-state index < -0.39 is 8.80 Å². The molecule has 6 heteroatoms. The maximum atomic E-state index is 5.42. The standard InChI is InChI=1S/C14H30N2O3Si/c1-5-16-11-7-6-9-14(13-16)15-10-8-12-20(17-2,18-3)19-4/h5-13H2,1-4H3. The van der Waals surface area contributed by atoms with Gasteiger partial charge in [0, 0.05) is 46.2 Å². The Balaban J connectivity index is 2.39. The van der Waals surface area contributed by atoms with Crippen molar-refractivity contribution in [1.29, 1.82) is 0 Å². The van der Waals surface area contributed by atoms with Gasteiger partial charge in [0.15, 0.2) is 0 Å². The fourth-order valence-electron chi connectivity index (χ4n) is 2.57. The van der Waals surface area contributed by atoms with Crippen LogP contribution in [0.2, 0.25) is 6.04 Å². The van der Waals surface area contributed by atoms with Crippen LogP contribution in [0.4, 0.5) is 0 Å². The van der Waals surface area contributed by atoms with Crippen LogP contribution in [-0.4, -0.2) is 66.9 Å². The van der Waals surface area contributed by atoms with Gasteiger partial charge in [0.25, 0.3) is 0 Å². The third-order valence-corrected chi connectivity index (χ3v) is 6.78. The maximum Gasteiger partial charge on any atom is 0.500 e. The zero-order valence-corrected chi connectivity index (χ0v) is 14.5. The molecule has 1 saturated heterocycles. The number of hydrogen-bond donors (Lipinski definition) is 0. The smallest absolute Gasteiger partial charge is 0.377 e. The molecule has 0 aromatic rings. The number of hydrogen-bond acceptors (Lipinski definition) is 5. The average molecular weight is 302 g/mol. The second-order valence-electron chi connectivity index (χ2n) is 5.17. The Morgan fingerprint density at radius 3 is 2.45 bits per heavy atom. The Kier molecular flexibility index (Phi) is 8.56. The molecular formula is C14H30N2O3Si. The molecule has 0 N–H and O–H groups in total. The van der Waals surface area contributed by atoms with Gasteiger partial charge in [-0.15, -0.1) is 0 Å². The van der Waals surface area contributed by atoms with Crippen LogP contribution in [0.15, 0.2) is 4.99 Å². The fourth-order valence-corrected chi connectivity index (χ4v) is 4.27. The molecule has 118 valence electrons. The van der Waals surface area contributed by atoms with E-state index in [1.165, 1.54) is 25.1 Å². The van der Waals surface area contributed by atoms with Crippen molar-refractivity contribution < 1.29 is 13.3 Å². The SMILES string of the molecule is CCN1CCCCC(=NCCC[Si](OC)(OC)OC)C1. The Bertz CT molecular complexity index is 288. The lowest BCUT2D eigenvalue weighted by atomic mass is 10.2. The van der Waals surface area contributed by atoms with Crippen molar-refractivity contribution in [3.8, 4) is 0 Å². The molecule has 0 spiro atoms. The summed E-state index contributed by atoms with van der Waals surface area (Å²) in [5, 5.41) is 0. The number of aliphatic imine (C=N–C) groups is 1. The predicted octanol–water partition coefficient (Wildman–Crippen LogP) is 2.20. The zero-order valence-electron chi connectivity index (χ0n) is 13.5. The van der Waals surface area contributed by atoms with Crippen molar-refractivity contribution in [3.63, 3.8) is 0 Å². The molecule has 1 rings (SSSR count). The van der Waals surface area contributed by atoms with Crippen LogP contribution in [0.25, 0.3) is 0 Å². The maximum absolute atomic E-state index is 5.42. The molecule has 0 bridgehead atoms. The Morgan fingerprint density at radius 2 is 1.85 bits per heavy atom. The molecule has 1 aliphatic heterocycles. The first-order valence-electron chi connectivity index (χ1n) is 7.59. The summed E-state index contributed by atoms with van der Waals surface area (Å²) < 4.78 is 16.3. The Labute approximate surface area is 124 Å². The van der Waals surface area contributed by atoms with Gasteiger partial charge >= 0.3 is 8.80 Å². The van der Waals surface area contributed by atoms with Gasteiger partial charge in [-0.2, -0.15) is 0 Å². The van der Waals surface area contributed by atoms with Crippen molar-refractivity contribution >= 4 is 14.5 Å². The van der Waals surface area contributed by atoms with Crippen LogP contribution in [-0.2, 0) is 13.3 Å². The molecule has 5 nitrogen and oxygen atoms in total. The van der Waals surface area contributed by atoms with Crippen LogP contribution in [0.3, 0.4) is 0 Å². The summed E-state index contributed by atoms with van der Waals surface area (Å²) in [6.45, 7) is 6.43. The van der Waals surface area contributed by atoms with Crippen molar-refractivity contribution in [2.24, 2.45) is 4.99 Å². The second-order valence-corrected chi connectivity index (χ2v) is 8.26. The molecule has 0 unspecified atom stereocenters. The van der Waals surface area contributed by atoms with Gasteiger partial charge in [0.05, 0.1) is 0 Å². The molecule has 0 amide bonds. The molecule has 0 atom stereocenters. The highest BCUT2D eigenvalue weighted by atomic mass is 28.4. The average Bonchev–Trinajstić information content (AvgIpc) is 2.73. The third kappa shape index (κ3) is 5.61. The fraction of sp³-hybridized carbons (Fsp3) is 0.929. The van der Waals surface area contributed by atoms with Crippen molar-refractivity contribution in [3.05, 3.63) is 0 Å². The van der Waals surface area contributed by atoms with Gasteiger partial charge in [-0.3, -0.25) is 9.89 Å². The lowest BCUT2D eigenvalue weighted by molar-refractivity contribution is 0.123. The zero-order chi connectivity index (χ0) is 14.8. The number of rotatable bonds is 8. The molecule has 1 aliphatic rings. The topological polar surface area (TPSA) is 43.3 Å². The Hall–Kier alpha value is -0.273. The van der Waals surface area contributed by atoms with E-state index in [0.717, 1.165) is 38.5 Å². The largest absolute Gasteiger partial charge is 0.500 e. The lowest BCUT2D eigenvalue weighted by Gasteiger charge is -2.24. The van der Waals surface area contributed by atoms with Crippen LogP contribution in [0, 0.1) is 0 Å². The molecule has 0 aromatic carbocycles. The molecular weight excluding hydrogens is 272 g/mol.